The summed E-state index contributed by atoms with van der Waals surface area (Å²) in [7, 11) is 0. The minimum absolute atomic E-state index is 0.891. The Kier molecular flexibility index (Phi) is 10.5. The molecule has 0 nitrogen and oxygen atoms in total. The maximum atomic E-state index is 2.43. The molecule has 92 valence electrons. The molecule has 0 aromatic carbocycles. The van der Waals surface area contributed by atoms with E-state index in [0.717, 1.165) is 11.8 Å². The monoisotopic (exact) mass is 212 g/mol. The summed E-state index contributed by atoms with van der Waals surface area (Å²) in [4.78, 5) is 0. The molecule has 0 radical (unpaired) electrons. The first kappa shape index (κ1) is 15.0. The third-order valence-electron chi connectivity index (χ3n) is 3.28. The van der Waals surface area contributed by atoms with Crippen LogP contribution >= 0.6 is 0 Å². The highest BCUT2D eigenvalue weighted by Gasteiger charge is 2.02. The molecule has 0 aliphatic carbocycles. The predicted molar refractivity (Wildman–Crippen MR) is 71.2 cm³/mol. The van der Waals surface area contributed by atoms with Gasteiger partial charge in [0, 0.05) is 0 Å². The van der Waals surface area contributed by atoms with E-state index in [1.807, 2.05) is 0 Å². The molecule has 0 aliphatic heterocycles. The molecule has 0 heterocycles. The summed E-state index contributed by atoms with van der Waals surface area (Å²) in [6.45, 7) is 9.37. The highest BCUT2D eigenvalue weighted by atomic mass is 14.1. The molecule has 0 N–H and O–H groups in total. The maximum Gasteiger partial charge on any atom is -0.0443 e. The number of hydrogen-bond donors (Lipinski definition) is 0. The van der Waals surface area contributed by atoms with Crippen LogP contribution in [0.25, 0.3) is 0 Å². The molecular weight excluding hydrogens is 180 g/mol. The summed E-state index contributed by atoms with van der Waals surface area (Å²) in [6, 6.07) is 0. The van der Waals surface area contributed by atoms with E-state index in [-0.39, 0.29) is 0 Å². The van der Waals surface area contributed by atoms with E-state index in [2.05, 4.69) is 27.7 Å². The average molecular weight is 212 g/mol. The maximum absolute atomic E-state index is 2.43. The smallest absolute Gasteiger partial charge is 0.0443 e. The molecule has 0 spiro atoms. The molecule has 0 saturated heterocycles. The van der Waals surface area contributed by atoms with Gasteiger partial charge in [0.05, 0.1) is 0 Å². The fourth-order valence-corrected chi connectivity index (χ4v) is 2.12. The van der Waals surface area contributed by atoms with Crippen molar-refractivity contribution in [2.45, 2.75) is 85.5 Å². The molecule has 0 aliphatic rings. The number of hydrogen-bond acceptors (Lipinski definition) is 0. The lowest BCUT2D eigenvalue weighted by atomic mass is 9.95. The lowest BCUT2D eigenvalue weighted by Gasteiger charge is -2.11. The minimum atomic E-state index is 0.891. The van der Waals surface area contributed by atoms with Crippen LogP contribution in [-0.2, 0) is 0 Å². The Hall–Kier alpha value is 0. The molecule has 15 heavy (non-hydrogen) atoms. The minimum Gasteiger partial charge on any atom is -0.0654 e. The van der Waals surface area contributed by atoms with Crippen LogP contribution < -0.4 is 0 Å². The van der Waals surface area contributed by atoms with Gasteiger partial charge in [-0.15, -0.1) is 0 Å². The second-order valence-electron chi connectivity index (χ2n) is 5.63. The zero-order chi connectivity index (χ0) is 11.5. The van der Waals surface area contributed by atoms with Gasteiger partial charge in [0.2, 0.25) is 0 Å². The molecule has 0 saturated carbocycles. The van der Waals surface area contributed by atoms with E-state index in [0.29, 0.717) is 0 Å². The first-order chi connectivity index (χ1) is 7.16. The fourth-order valence-electron chi connectivity index (χ4n) is 2.12. The van der Waals surface area contributed by atoms with Gasteiger partial charge in [-0.2, -0.15) is 0 Å². The number of rotatable bonds is 10. The van der Waals surface area contributed by atoms with Crippen molar-refractivity contribution in [2.24, 2.45) is 11.8 Å². The summed E-state index contributed by atoms with van der Waals surface area (Å²) in [5.41, 5.74) is 0. The lowest BCUT2D eigenvalue weighted by molar-refractivity contribution is 0.418. The molecule has 1 unspecified atom stereocenters. The molecule has 0 heteroatoms. The Morgan fingerprint density at radius 2 is 1.27 bits per heavy atom. The topological polar surface area (TPSA) is 0 Å². The van der Waals surface area contributed by atoms with Crippen molar-refractivity contribution in [1.29, 1.82) is 0 Å². The Balaban J connectivity index is 3.15. The van der Waals surface area contributed by atoms with Gasteiger partial charge in [-0.3, -0.25) is 0 Å². The SMILES string of the molecule is CCCCCCCC(C)CCCC(C)C. The van der Waals surface area contributed by atoms with Gasteiger partial charge >= 0.3 is 0 Å². The zero-order valence-electron chi connectivity index (χ0n) is 11.5. The summed E-state index contributed by atoms with van der Waals surface area (Å²) in [5.74, 6) is 1.85. The Morgan fingerprint density at radius 1 is 0.667 bits per heavy atom. The third kappa shape index (κ3) is 11.9. The summed E-state index contributed by atoms with van der Waals surface area (Å²) < 4.78 is 0. The van der Waals surface area contributed by atoms with Crippen molar-refractivity contribution in [2.75, 3.05) is 0 Å². The van der Waals surface area contributed by atoms with E-state index >= 15 is 0 Å². The second-order valence-corrected chi connectivity index (χ2v) is 5.63. The first-order valence-electron chi connectivity index (χ1n) is 7.16. The molecule has 0 aromatic heterocycles. The molecule has 0 amide bonds. The largest absolute Gasteiger partial charge is 0.0654 e. The third-order valence-corrected chi connectivity index (χ3v) is 3.28. The van der Waals surface area contributed by atoms with E-state index in [1.165, 1.54) is 57.8 Å². The van der Waals surface area contributed by atoms with Crippen LogP contribution in [0.3, 0.4) is 0 Å². The van der Waals surface area contributed by atoms with Gasteiger partial charge in [-0.05, 0) is 11.8 Å². The highest BCUT2D eigenvalue weighted by molar-refractivity contribution is 4.56. The standard InChI is InChI=1S/C15H32/c1-5-6-7-8-9-12-15(4)13-10-11-14(2)3/h14-15H,5-13H2,1-4H3. The molecule has 0 bridgehead atoms. The van der Waals surface area contributed by atoms with Crippen LogP contribution in [0.1, 0.15) is 85.5 Å². The zero-order valence-corrected chi connectivity index (χ0v) is 11.5. The highest BCUT2D eigenvalue weighted by Crippen LogP contribution is 2.18. The van der Waals surface area contributed by atoms with Crippen molar-refractivity contribution in [1.82, 2.24) is 0 Å². The summed E-state index contributed by atoms with van der Waals surface area (Å²) in [5, 5.41) is 0. The first-order valence-corrected chi connectivity index (χ1v) is 7.16. The van der Waals surface area contributed by atoms with Crippen molar-refractivity contribution in [3.63, 3.8) is 0 Å². The van der Waals surface area contributed by atoms with E-state index < -0.39 is 0 Å². The van der Waals surface area contributed by atoms with Crippen molar-refractivity contribution < 1.29 is 0 Å². The van der Waals surface area contributed by atoms with Crippen LogP contribution in [0.15, 0.2) is 0 Å². The van der Waals surface area contributed by atoms with Crippen LogP contribution in [0.5, 0.6) is 0 Å². The van der Waals surface area contributed by atoms with Crippen LogP contribution in [0.2, 0.25) is 0 Å². The van der Waals surface area contributed by atoms with Gasteiger partial charge in [-0.1, -0.05) is 85.5 Å². The molecular formula is C15H32. The van der Waals surface area contributed by atoms with Crippen LogP contribution in [-0.4, -0.2) is 0 Å². The molecule has 1 atom stereocenters. The summed E-state index contributed by atoms with van der Waals surface area (Å²) in [6.07, 6.45) is 12.9. The van der Waals surface area contributed by atoms with Gasteiger partial charge < -0.3 is 0 Å². The van der Waals surface area contributed by atoms with E-state index in [9.17, 15) is 0 Å². The second kappa shape index (κ2) is 10.5. The molecule has 0 rings (SSSR count). The van der Waals surface area contributed by atoms with Gasteiger partial charge in [0.1, 0.15) is 0 Å². The normalized spacial score (nSPS) is 13.4. The fraction of sp³-hybridized carbons (Fsp3) is 1.00. The van der Waals surface area contributed by atoms with Crippen LogP contribution in [0.4, 0.5) is 0 Å². The van der Waals surface area contributed by atoms with Crippen molar-refractivity contribution in [3.8, 4) is 0 Å². The van der Waals surface area contributed by atoms with Crippen molar-refractivity contribution in [3.05, 3.63) is 0 Å². The van der Waals surface area contributed by atoms with E-state index in [1.54, 1.807) is 0 Å². The quantitative estimate of drug-likeness (QED) is 0.401. The van der Waals surface area contributed by atoms with Gasteiger partial charge in [0.25, 0.3) is 0 Å². The Morgan fingerprint density at radius 3 is 1.87 bits per heavy atom. The van der Waals surface area contributed by atoms with Gasteiger partial charge in [0.15, 0.2) is 0 Å². The number of unbranched alkanes of at least 4 members (excludes halogenated alkanes) is 4. The molecule has 0 fully saturated rings. The lowest BCUT2D eigenvalue weighted by Crippen LogP contribution is -1.96. The predicted octanol–water partition coefficient (Wildman–Crippen LogP) is 5.81. The molecule has 0 aromatic rings. The summed E-state index contributed by atoms with van der Waals surface area (Å²) >= 11 is 0. The van der Waals surface area contributed by atoms with E-state index in [4.69, 9.17) is 0 Å². The van der Waals surface area contributed by atoms with Gasteiger partial charge in [-0.25, -0.2) is 0 Å². The Bertz CT molecular complexity index is 115. The average Bonchev–Trinajstić information content (AvgIpc) is 2.17. The Labute approximate surface area is 97.8 Å². The van der Waals surface area contributed by atoms with Crippen LogP contribution in [0, 0.1) is 11.8 Å². The van der Waals surface area contributed by atoms with Crippen molar-refractivity contribution >= 4 is 0 Å².